The zero-order valence-corrected chi connectivity index (χ0v) is 15.0. The average molecular weight is 375 g/mol. The fourth-order valence-corrected chi connectivity index (χ4v) is 2.89. The predicted molar refractivity (Wildman–Crippen MR) is 97.0 cm³/mol. The van der Waals surface area contributed by atoms with Crippen molar-refractivity contribution in [3.8, 4) is 0 Å². The SMILES string of the molecule is CC(C)C(NC(=O)Cc1ccc(C(F)(F)F)cc1)c1nc2ccccc2[nH]1. The second kappa shape index (κ2) is 7.42. The second-order valence-electron chi connectivity index (χ2n) is 6.80. The van der Waals surface area contributed by atoms with Gasteiger partial charge >= 0.3 is 6.18 Å². The minimum absolute atomic E-state index is 0.00157. The first-order valence-electron chi connectivity index (χ1n) is 8.64. The summed E-state index contributed by atoms with van der Waals surface area (Å²) in [5.41, 5.74) is 1.49. The number of para-hydroxylation sites is 2. The summed E-state index contributed by atoms with van der Waals surface area (Å²) < 4.78 is 37.9. The molecule has 0 aliphatic carbocycles. The summed E-state index contributed by atoms with van der Waals surface area (Å²) in [7, 11) is 0. The highest BCUT2D eigenvalue weighted by Crippen LogP contribution is 2.29. The predicted octanol–water partition coefficient (Wildman–Crippen LogP) is 4.64. The minimum Gasteiger partial charge on any atom is -0.346 e. The van der Waals surface area contributed by atoms with E-state index in [4.69, 9.17) is 0 Å². The van der Waals surface area contributed by atoms with E-state index < -0.39 is 11.7 Å². The number of benzene rings is 2. The summed E-state index contributed by atoms with van der Waals surface area (Å²) in [4.78, 5) is 20.2. The number of carbonyl (C=O) groups is 1. The highest BCUT2D eigenvalue weighted by molar-refractivity contribution is 5.79. The van der Waals surface area contributed by atoms with Crippen LogP contribution in [0.2, 0.25) is 0 Å². The molecular formula is C20H20F3N3O. The number of nitrogens with zero attached hydrogens (tertiary/aromatic N) is 1. The number of H-pyrrole nitrogens is 1. The van der Waals surface area contributed by atoms with Crippen molar-refractivity contribution >= 4 is 16.9 Å². The van der Waals surface area contributed by atoms with Gasteiger partial charge in [-0.3, -0.25) is 4.79 Å². The van der Waals surface area contributed by atoms with Gasteiger partial charge in [0.25, 0.3) is 0 Å². The fourth-order valence-electron chi connectivity index (χ4n) is 2.89. The standard InChI is InChI=1S/C20H20F3N3O/c1-12(2)18(19-24-15-5-3-4-6-16(15)25-19)26-17(27)11-13-7-9-14(10-8-13)20(21,22)23/h3-10,12,18H,11H2,1-2H3,(H,24,25)(H,26,27). The Morgan fingerprint density at radius 1 is 1.11 bits per heavy atom. The molecule has 4 nitrogen and oxygen atoms in total. The summed E-state index contributed by atoms with van der Waals surface area (Å²) in [6, 6.07) is 11.9. The van der Waals surface area contributed by atoms with E-state index >= 15 is 0 Å². The molecule has 0 radical (unpaired) electrons. The number of imidazole rings is 1. The van der Waals surface area contributed by atoms with E-state index in [0.29, 0.717) is 11.4 Å². The third-order valence-electron chi connectivity index (χ3n) is 4.33. The molecule has 7 heteroatoms. The van der Waals surface area contributed by atoms with Crippen molar-refractivity contribution in [1.29, 1.82) is 0 Å². The molecule has 3 rings (SSSR count). The molecular weight excluding hydrogens is 355 g/mol. The molecule has 142 valence electrons. The van der Waals surface area contributed by atoms with Gasteiger partial charge in [-0.1, -0.05) is 38.1 Å². The van der Waals surface area contributed by atoms with Crippen molar-refractivity contribution in [2.45, 2.75) is 32.5 Å². The Morgan fingerprint density at radius 2 is 1.78 bits per heavy atom. The van der Waals surface area contributed by atoms with Crippen LogP contribution in [-0.4, -0.2) is 15.9 Å². The van der Waals surface area contributed by atoms with Crippen LogP contribution in [0.1, 0.15) is 36.8 Å². The van der Waals surface area contributed by atoms with Gasteiger partial charge in [0.1, 0.15) is 5.82 Å². The number of hydrogen-bond donors (Lipinski definition) is 2. The van der Waals surface area contributed by atoms with E-state index in [0.717, 1.165) is 23.2 Å². The molecule has 1 heterocycles. The average Bonchev–Trinajstić information content (AvgIpc) is 3.02. The maximum Gasteiger partial charge on any atom is 0.416 e. The smallest absolute Gasteiger partial charge is 0.346 e. The van der Waals surface area contributed by atoms with Gasteiger partial charge in [0.05, 0.1) is 29.1 Å². The van der Waals surface area contributed by atoms with Gasteiger partial charge in [-0.05, 0) is 35.7 Å². The topological polar surface area (TPSA) is 57.8 Å². The monoisotopic (exact) mass is 375 g/mol. The number of hydrogen-bond acceptors (Lipinski definition) is 2. The molecule has 1 atom stereocenters. The summed E-state index contributed by atoms with van der Waals surface area (Å²) in [5.74, 6) is 0.475. The molecule has 0 fully saturated rings. The van der Waals surface area contributed by atoms with Crippen molar-refractivity contribution in [3.05, 3.63) is 65.5 Å². The van der Waals surface area contributed by atoms with E-state index in [1.165, 1.54) is 12.1 Å². The zero-order chi connectivity index (χ0) is 19.6. The van der Waals surface area contributed by atoms with Crippen LogP contribution in [0.4, 0.5) is 13.2 Å². The Bertz CT molecular complexity index is 897. The normalized spacial score (nSPS) is 13.1. The lowest BCUT2D eigenvalue weighted by Crippen LogP contribution is -2.33. The number of amides is 1. The molecule has 27 heavy (non-hydrogen) atoms. The quantitative estimate of drug-likeness (QED) is 0.683. The van der Waals surface area contributed by atoms with Gasteiger partial charge in [0.15, 0.2) is 0 Å². The molecule has 0 aliphatic rings. The number of carbonyl (C=O) groups excluding carboxylic acids is 1. The highest BCUT2D eigenvalue weighted by atomic mass is 19.4. The van der Waals surface area contributed by atoms with Crippen LogP contribution in [0, 0.1) is 5.92 Å². The Labute approximate surface area is 154 Å². The van der Waals surface area contributed by atoms with Gasteiger partial charge in [-0.2, -0.15) is 13.2 Å². The van der Waals surface area contributed by atoms with Gasteiger partial charge in [0, 0.05) is 0 Å². The lowest BCUT2D eigenvalue weighted by molar-refractivity contribution is -0.137. The van der Waals surface area contributed by atoms with Crippen molar-refractivity contribution < 1.29 is 18.0 Å². The highest BCUT2D eigenvalue weighted by Gasteiger charge is 2.30. The van der Waals surface area contributed by atoms with Crippen molar-refractivity contribution in [2.24, 2.45) is 5.92 Å². The van der Waals surface area contributed by atoms with Crippen molar-refractivity contribution in [2.75, 3.05) is 0 Å². The number of alkyl halides is 3. The van der Waals surface area contributed by atoms with Gasteiger partial charge in [-0.15, -0.1) is 0 Å². The maximum absolute atomic E-state index is 12.6. The van der Waals surface area contributed by atoms with Crippen LogP contribution in [0.15, 0.2) is 48.5 Å². The van der Waals surface area contributed by atoms with Crippen LogP contribution in [0.3, 0.4) is 0 Å². The third-order valence-corrected chi connectivity index (χ3v) is 4.33. The molecule has 2 N–H and O–H groups in total. The molecule has 3 aromatic rings. The van der Waals surface area contributed by atoms with Crippen LogP contribution in [0.5, 0.6) is 0 Å². The molecule has 0 aliphatic heterocycles. The number of halogens is 3. The number of rotatable bonds is 5. The Balaban J connectivity index is 1.72. The first kappa shape index (κ1) is 18.9. The van der Waals surface area contributed by atoms with Gasteiger partial charge in [0.2, 0.25) is 5.91 Å². The van der Waals surface area contributed by atoms with Crippen LogP contribution >= 0.6 is 0 Å². The maximum atomic E-state index is 12.6. The Hall–Kier alpha value is -2.83. The van der Waals surface area contributed by atoms with E-state index in [9.17, 15) is 18.0 Å². The lowest BCUT2D eigenvalue weighted by Gasteiger charge is -2.20. The molecule has 0 saturated heterocycles. The Morgan fingerprint density at radius 3 is 2.37 bits per heavy atom. The molecule has 1 amide bonds. The van der Waals surface area contributed by atoms with E-state index in [1.54, 1.807) is 0 Å². The van der Waals surface area contributed by atoms with E-state index in [1.807, 2.05) is 38.1 Å². The number of nitrogens with one attached hydrogen (secondary N) is 2. The van der Waals surface area contributed by atoms with Crippen molar-refractivity contribution in [3.63, 3.8) is 0 Å². The third kappa shape index (κ3) is 4.48. The molecule has 1 unspecified atom stereocenters. The largest absolute Gasteiger partial charge is 0.416 e. The number of aromatic amines is 1. The number of fused-ring (bicyclic) bond motifs is 1. The first-order valence-corrected chi connectivity index (χ1v) is 8.64. The molecule has 1 aromatic heterocycles. The van der Waals surface area contributed by atoms with Crippen molar-refractivity contribution in [1.82, 2.24) is 15.3 Å². The van der Waals surface area contributed by atoms with Gasteiger partial charge in [-0.25, -0.2) is 4.98 Å². The summed E-state index contributed by atoms with van der Waals surface area (Å²) in [6.45, 7) is 3.94. The second-order valence-corrected chi connectivity index (χ2v) is 6.80. The van der Waals surface area contributed by atoms with E-state index in [2.05, 4.69) is 15.3 Å². The van der Waals surface area contributed by atoms with Gasteiger partial charge < -0.3 is 10.3 Å². The molecule has 2 aromatic carbocycles. The first-order chi connectivity index (χ1) is 12.7. The molecule has 0 bridgehead atoms. The van der Waals surface area contributed by atoms with E-state index in [-0.39, 0.29) is 24.3 Å². The summed E-state index contributed by atoms with van der Waals surface area (Å²) in [5, 5.41) is 2.93. The van der Waals surface area contributed by atoms with Crippen LogP contribution in [0.25, 0.3) is 11.0 Å². The molecule has 0 saturated carbocycles. The summed E-state index contributed by atoms with van der Waals surface area (Å²) in [6.07, 6.45) is -4.38. The van der Waals surface area contributed by atoms with Crippen LogP contribution < -0.4 is 5.32 Å². The Kier molecular flexibility index (Phi) is 5.21. The van der Waals surface area contributed by atoms with Crippen LogP contribution in [-0.2, 0) is 17.4 Å². The molecule has 0 spiro atoms. The summed E-state index contributed by atoms with van der Waals surface area (Å²) >= 11 is 0. The number of aromatic nitrogens is 2. The lowest BCUT2D eigenvalue weighted by atomic mass is 10.0. The fraction of sp³-hybridized carbons (Fsp3) is 0.300. The zero-order valence-electron chi connectivity index (χ0n) is 15.0. The minimum atomic E-state index is -4.38.